The van der Waals surface area contributed by atoms with Gasteiger partial charge in [-0.2, -0.15) is 0 Å². The molecule has 0 spiro atoms. The summed E-state index contributed by atoms with van der Waals surface area (Å²) in [5.41, 5.74) is 8.53. The van der Waals surface area contributed by atoms with Crippen molar-refractivity contribution >= 4 is 24.0 Å². The van der Waals surface area contributed by atoms with Crippen molar-refractivity contribution in [1.82, 2.24) is 9.97 Å². The number of benzene rings is 1. The molecule has 0 saturated heterocycles. The van der Waals surface area contributed by atoms with E-state index in [0.29, 0.717) is 5.82 Å². The smallest absolute Gasteiger partial charge is 0.229 e. The zero-order chi connectivity index (χ0) is 17.2. The summed E-state index contributed by atoms with van der Waals surface area (Å²) in [6.07, 6.45) is 5.66. The van der Waals surface area contributed by atoms with Crippen LogP contribution in [0.25, 0.3) is 11.4 Å². The van der Waals surface area contributed by atoms with Gasteiger partial charge < -0.3 is 11.1 Å². The van der Waals surface area contributed by atoms with Crippen LogP contribution in [0.3, 0.4) is 0 Å². The minimum absolute atomic E-state index is 0. The molecule has 1 heterocycles. The number of carbonyl (C=O) groups excluding carboxylic acids is 1. The Morgan fingerprint density at radius 3 is 2.60 bits per heavy atom. The van der Waals surface area contributed by atoms with Gasteiger partial charge >= 0.3 is 0 Å². The second kappa shape index (κ2) is 7.93. The van der Waals surface area contributed by atoms with Crippen LogP contribution in [0.4, 0.5) is 5.69 Å². The number of halogens is 1. The maximum atomic E-state index is 12.6. The Bertz CT molecular complexity index is 730. The van der Waals surface area contributed by atoms with Crippen molar-refractivity contribution in [3.63, 3.8) is 0 Å². The van der Waals surface area contributed by atoms with E-state index < -0.39 is 5.54 Å². The van der Waals surface area contributed by atoms with E-state index in [-0.39, 0.29) is 24.2 Å². The van der Waals surface area contributed by atoms with Gasteiger partial charge in [-0.05, 0) is 57.0 Å². The number of amides is 1. The fourth-order valence-corrected chi connectivity index (χ4v) is 3.31. The average molecular weight is 361 g/mol. The largest absolute Gasteiger partial charge is 0.326 e. The molecule has 1 aliphatic rings. The lowest BCUT2D eigenvalue weighted by Crippen LogP contribution is -2.51. The zero-order valence-electron chi connectivity index (χ0n) is 14.7. The molecule has 1 saturated carbocycles. The number of hydrogen-bond acceptors (Lipinski definition) is 4. The van der Waals surface area contributed by atoms with Crippen LogP contribution in [0.5, 0.6) is 0 Å². The van der Waals surface area contributed by atoms with Crippen LogP contribution in [-0.4, -0.2) is 21.4 Å². The quantitative estimate of drug-likeness (QED) is 0.874. The number of nitrogens with zero attached hydrogens (tertiary/aromatic N) is 2. The van der Waals surface area contributed by atoms with Crippen molar-refractivity contribution in [1.29, 1.82) is 0 Å². The van der Waals surface area contributed by atoms with E-state index in [9.17, 15) is 4.79 Å². The highest BCUT2D eigenvalue weighted by atomic mass is 35.5. The lowest BCUT2D eigenvalue weighted by Gasteiger charge is -2.37. The van der Waals surface area contributed by atoms with E-state index in [1.54, 1.807) is 6.20 Å². The molecule has 2 unspecified atom stereocenters. The van der Waals surface area contributed by atoms with Gasteiger partial charge in [-0.15, -0.1) is 12.4 Å². The number of nitrogens with one attached hydrogen (secondary N) is 1. The Kier molecular flexibility index (Phi) is 6.14. The van der Waals surface area contributed by atoms with Gasteiger partial charge in [-0.3, -0.25) is 4.79 Å². The van der Waals surface area contributed by atoms with Crippen LogP contribution in [0.2, 0.25) is 0 Å². The molecule has 0 bridgehead atoms. The third-order valence-corrected chi connectivity index (χ3v) is 4.78. The Morgan fingerprint density at radius 1 is 1.24 bits per heavy atom. The van der Waals surface area contributed by atoms with Crippen LogP contribution >= 0.6 is 12.4 Å². The van der Waals surface area contributed by atoms with Crippen molar-refractivity contribution in [2.24, 2.45) is 11.7 Å². The summed E-state index contributed by atoms with van der Waals surface area (Å²) in [7, 11) is 0. The molecule has 1 aliphatic carbocycles. The molecule has 1 amide bonds. The summed E-state index contributed by atoms with van der Waals surface area (Å²) < 4.78 is 0. The summed E-state index contributed by atoms with van der Waals surface area (Å²) in [5, 5.41) is 3.00. The summed E-state index contributed by atoms with van der Waals surface area (Å²) in [4.78, 5) is 21.3. The van der Waals surface area contributed by atoms with Gasteiger partial charge in [0.25, 0.3) is 0 Å². The second-order valence-corrected chi connectivity index (χ2v) is 6.89. The standard InChI is InChI=1S/C19H24N4O.ClH/c1-13-10-12-21-17(22-13)14-6-8-15(9-7-14)23-18(24)16-5-3-4-11-19(16,2)20;/h6-10,12,16H,3-5,11,20H2,1-2H3,(H,23,24);1H. The van der Waals surface area contributed by atoms with Crippen molar-refractivity contribution in [2.45, 2.75) is 45.1 Å². The molecule has 6 heteroatoms. The molecule has 1 aromatic carbocycles. The van der Waals surface area contributed by atoms with E-state index in [1.807, 2.05) is 44.2 Å². The predicted molar refractivity (Wildman–Crippen MR) is 103 cm³/mol. The minimum Gasteiger partial charge on any atom is -0.326 e. The second-order valence-electron chi connectivity index (χ2n) is 6.89. The van der Waals surface area contributed by atoms with Crippen LogP contribution in [0, 0.1) is 12.8 Å². The number of aryl methyl sites for hydroxylation is 1. The summed E-state index contributed by atoms with van der Waals surface area (Å²) in [5.74, 6) is 0.569. The molecule has 5 nitrogen and oxygen atoms in total. The van der Waals surface area contributed by atoms with Gasteiger partial charge in [0.15, 0.2) is 5.82 Å². The van der Waals surface area contributed by atoms with E-state index in [1.165, 1.54) is 0 Å². The molecule has 3 N–H and O–H groups in total. The molecule has 3 rings (SSSR count). The molecule has 25 heavy (non-hydrogen) atoms. The molecule has 1 fully saturated rings. The first-order valence-corrected chi connectivity index (χ1v) is 8.45. The first kappa shape index (κ1) is 19.3. The van der Waals surface area contributed by atoms with Crippen LogP contribution in [0.15, 0.2) is 36.5 Å². The number of carbonyl (C=O) groups is 1. The highest BCUT2D eigenvalue weighted by molar-refractivity contribution is 5.93. The van der Waals surface area contributed by atoms with Crippen LogP contribution in [0.1, 0.15) is 38.3 Å². The Labute approximate surface area is 154 Å². The number of nitrogens with two attached hydrogens (primary N) is 1. The number of aromatic nitrogens is 2. The highest BCUT2D eigenvalue weighted by Gasteiger charge is 2.37. The van der Waals surface area contributed by atoms with E-state index in [0.717, 1.165) is 42.6 Å². The van der Waals surface area contributed by atoms with Gasteiger partial charge in [0.2, 0.25) is 5.91 Å². The lowest BCUT2D eigenvalue weighted by atomic mass is 9.74. The summed E-state index contributed by atoms with van der Waals surface area (Å²) in [6, 6.07) is 9.48. The predicted octanol–water partition coefficient (Wildman–Crippen LogP) is 3.72. The Balaban J connectivity index is 0.00000225. The normalized spacial score (nSPS) is 22.8. The van der Waals surface area contributed by atoms with Crippen LogP contribution < -0.4 is 11.1 Å². The van der Waals surface area contributed by atoms with E-state index >= 15 is 0 Å². The van der Waals surface area contributed by atoms with Gasteiger partial charge in [0.1, 0.15) is 0 Å². The van der Waals surface area contributed by atoms with Gasteiger partial charge in [-0.25, -0.2) is 9.97 Å². The monoisotopic (exact) mass is 360 g/mol. The lowest BCUT2D eigenvalue weighted by molar-refractivity contribution is -0.122. The highest BCUT2D eigenvalue weighted by Crippen LogP contribution is 2.32. The molecule has 0 aliphatic heterocycles. The van der Waals surface area contributed by atoms with Crippen LogP contribution in [-0.2, 0) is 4.79 Å². The summed E-state index contributed by atoms with van der Waals surface area (Å²) in [6.45, 7) is 3.92. The van der Waals surface area contributed by atoms with Crippen molar-refractivity contribution in [3.05, 3.63) is 42.2 Å². The van der Waals surface area contributed by atoms with E-state index in [4.69, 9.17) is 5.73 Å². The fourth-order valence-electron chi connectivity index (χ4n) is 3.31. The zero-order valence-corrected chi connectivity index (χ0v) is 15.5. The van der Waals surface area contributed by atoms with Crippen molar-refractivity contribution in [2.75, 3.05) is 5.32 Å². The van der Waals surface area contributed by atoms with Crippen molar-refractivity contribution < 1.29 is 4.79 Å². The minimum atomic E-state index is -0.419. The SMILES string of the molecule is Cc1ccnc(-c2ccc(NC(=O)C3CCCCC3(C)N)cc2)n1.Cl. The first-order chi connectivity index (χ1) is 11.5. The number of rotatable bonds is 3. The molecule has 134 valence electrons. The van der Waals surface area contributed by atoms with Gasteiger partial charge in [0.05, 0.1) is 5.92 Å². The first-order valence-electron chi connectivity index (χ1n) is 8.45. The molecule has 0 radical (unpaired) electrons. The fraction of sp³-hybridized carbons (Fsp3) is 0.421. The third kappa shape index (κ3) is 4.55. The Morgan fingerprint density at radius 2 is 1.96 bits per heavy atom. The maximum Gasteiger partial charge on any atom is 0.229 e. The van der Waals surface area contributed by atoms with Crippen molar-refractivity contribution in [3.8, 4) is 11.4 Å². The third-order valence-electron chi connectivity index (χ3n) is 4.78. The number of hydrogen-bond donors (Lipinski definition) is 2. The average Bonchev–Trinajstić information content (AvgIpc) is 2.55. The Hall–Kier alpha value is -1.98. The van der Waals surface area contributed by atoms with Gasteiger partial charge in [0, 0.05) is 28.7 Å². The number of anilines is 1. The molecule has 2 atom stereocenters. The molecular weight excluding hydrogens is 336 g/mol. The van der Waals surface area contributed by atoms with Gasteiger partial charge in [-0.1, -0.05) is 12.8 Å². The van der Waals surface area contributed by atoms with E-state index in [2.05, 4.69) is 15.3 Å². The summed E-state index contributed by atoms with van der Waals surface area (Å²) >= 11 is 0. The maximum absolute atomic E-state index is 12.6. The topological polar surface area (TPSA) is 80.9 Å². The molecule has 2 aromatic rings. The molecule has 1 aromatic heterocycles. The molecular formula is C19H25ClN4O.